The lowest BCUT2D eigenvalue weighted by Gasteiger charge is -2.14. The smallest absolute Gasteiger partial charge is 0.317 e. The molecule has 70 valence electrons. The van der Waals surface area contributed by atoms with Gasteiger partial charge < -0.3 is 16.0 Å². The number of hydrogen-bond acceptors (Lipinski definition) is 2. The number of amides is 2. The third-order valence-electron chi connectivity index (χ3n) is 1.47. The van der Waals surface area contributed by atoms with Gasteiger partial charge in [-0.2, -0.15) is 0 Å². The molecule has 0 rings (SSSR count). The lowest BCUT2D eigenvalue weighted by atomic mass is 10.4. The number of rotatable bonds is 4. The number of hydrogen-bond donors (Lipinski definition) is 2. The van der Waals surface area contributed by atoms with Crippen LogP contribution in [0.2, 0.25) is 0 Å². The fourth-order valence-electron chi connectivity index (χ4n) is 0.571. The standard InChI is InChI=1S/C7H15N3OS/c1-3-10(2)7(11)9-5-4-6(8)12/h3-5H2,1-2H3,(H2,8,12)(H,9,11). The Morgan fingerprint density at radius 1 is 1.67 bits per heavy atom. The second kappa shape index (κ2) is 5.77. The lowest BCUT2D eigenvalue weighted by Crippen LogP contribution is -2.38. The van der Waals surface area contributed by atoms with E-state index in [-0.39, 0.29) is 6.03 Å². The average Bonchev–Trinajstić information content (AvgIpc) is 2.02. The predicted octanol–water partition coefficient (Wildman–Crippen LogP) is 0.324. The van der Waals surface area contributed by atoms with Crippen LogP contribution in [0.4, 0.5) is 4.79 Å². The molecule has 0 aliphatic rings. The zero-order valence-electron chi connectivity index (χ0n) is 7.46. The Hall–Kier alpha value is -0.840. The third-order valence-corrected chi connectivity index (χ3v) is 1.67. The highest BCUT2D eigenvalue weighted by atomic mass is 32.1. The predicted molar refractivity (Wildman–Crippen MR) is 53.1 cm³/mol. The van der Waals surface area contributed by atoms with E-state index in [2.05, 4.69) is 17.5 Å². The summed E-state index contributed by atoms with van der Waals surface area (Å²) in [4.78, 5) is 13.1. The van der Waals surface area contributed by atoms with Crippen molar-refractivity contribution in [3.8, 4) is 0 Å². The van der Waals surface area contributed by atoms with Crippen LogP contribution in [-0.4, -0.2) is 36.1 Å². The van der Waals surface area contributed by atoms with Gasteiger partial charge in [-0.25, -0.2) is 4.79 Å². The summed E-state index contributed by atoms with van der Waals surface area (Å²) >= 11 is 4.65. The van der Waals surface area contributed by atoms with Gasteiger partial charge in [0, 0.05) is 26.6 Å². The fourth-order valence-corrected chi connectivity index (χ4v) is 0.673. The van der Waals surface area contributed by atoms with E-state index in [4.69, 9.17) is 5.73 Å². The molecule has 0 bridgehead atoms. The minimum Gasteiger partial charge on any atom is -0.393 e. The normalized spacial score (nSPS) is 9.17. The number of urea groups is 1. The second-order valence-corrected chi connectivity index (χ2v) is 2.99. The molecule has 2 amide bonds. The number of nitrogens with zero attached hydrogens (tertiary/aromatic N) is 1. The van der Waals surface area contributed by atoms with E-state index in [0.717, 1.165) is 0 Å². The molecule has 0 atom stereocenters. The van der Waals surface area contributed by atoms with Gasteiger partial charge in [0.1, 0.15) is 0 Å². The molecule has 0 aromatic heterocycles. The van der Waals surface area contributed by atoms with E-state index in [1.54, 1.807) is 11.9 Å². The van der Waals surface area contributed by atoms with Crippen molar-refractivity contribution in [1.82, 2.24) is 10.2 Å². The van der Waals surface area contributed by atoms with Crippen molar-refractivity contribution < 1.29 is 4.79 Å². The maximum Gasteiger partial charge on any atom is 0.317 e. The highest BCUT2D eigenvalue weighted by molar-refractivity contribution is 7.80. The van der Waals surface area contributed by atoms with E-state index in [1.807, 2.05) is 6.92 Å². The summed E-state index contributed by atoms with van der Waals surface area (Å²) in [6.07, 6.45) is 0.554. The molecule has 0 spiro atoms. The first kappa shape index (κ1) is 11.2. The molecule has 3 N–H and O–H groups in total. The zero-order chi connectivity index (χ0) is 9.56. The highest BCUT2D eigenvalue weighted by Crippen LogP contribution is 1.83. The SMILES string of the molecule is CCN(C)C(=O)NCCC(N)=S. The van der Waals surface area contributed by atoms with Crippen molar-refractivity contribution in [3.05, 3.63) is 0 Å². The number of thiocarbonyl (C=S) groups is 1. The van der Waals surface area contributed by atoms with Crippen molar-refractivity contribution in [3.63, 3.8) is 0 Å². The van der Waals surface area contributed by atoms with Gasteiger partial charge in [-0.3, -0.25) is 0 Å². The topological polar surface area (TPSA) is 58.4 Å². The maximum absolute atomic E-state index is 11.1. The maximum atomic E-state index is 11.1. The summed E-state index contributed by atoms with van der Waals surface area (Å²) < 4.78 is 0. The Labute approximate surface area is 78.1 Å². The van der Waals surface area contributed by atoms with Crippen molar-refractivity contribution >= 4 is 23.2 Å². The Kier molecular flexibility index (Phi) is 5.36. The molecule has 0 saturated carbocycles. The molecule has 0 saturated heterocycles. The third kappa shape index (κ3) is 4.90. The molecule has 0 radical (unpaired) electrons. The van der Waals surface area contributed by atoms with E-state index in [0.29, 0.717) is 24.5 Å². The van der Waals surface area contributed by atoms with Gasteiger partial charge in [-0.05, 0) is 6.92 Å². The summed E-state index contributed by atoms with van der Waals surface area (Å²) in [5.74, 6) is 0. The van der Waals surface area contributed by atoms with E-state index < -0.39 is 0 Å². The van der Waals surface area contributed by atoms with Crippen LogP contribution >= 0.6 is 12.2 Å². The summed E-state index contributed by atoms with van der Waals surface area (Å²) in [6.45, 7) is 3.12. The van der Waals surface area contributed by atoms with Gasteiger partial charge in [0.05, 0.1) is 4.99 Å². The summed E-state index contributed by atoms with van der Waals surface area (Å²) in [7, 11) is 1.73. The van der Waals surface area contributed by atoms with Crippen LogP contribution in [0.5, 0.6) is 0 Å². The number of nitrogens with two attached hydrogens (primary N) is 1. The Morgan fingerprint density at radius 3 is 2.67 bits per heavy atom. The van der Waals surface area contributed by atoms with E-state index in [9.17, 15) is 4.79 Å². The number of carbonyl (C=O) groups is 1. The summed E-state index contributed by atoms with van der Waals surface area (Å²) in [5, 5.41) is 2.68. The molecule has 0 aliphatic heterocycles. The molecule has 0 aromatic rings. The van der Waals surface area contributed by atoms with Gasteiger partial charge in [-0.1, -0.05) is 12.2 Å². The Bertz CT molecular complexity index is 172. The molecular formula is C7H15N3OS. The van der Waals surface area contributed by atoms with Crippen LogP contribution < -0.4 is 11.1 Å². The molecule has 0 unspecified atom stereocenters. The van der Waals surface area contributed by atoms with E-state index in [1.165, 1.54) is 0 Å². The van der Waals surface area contributed by atoms with Crippen LogP contribution in [0, 0.1) is 0 Å². The van der Waals surface area contributed by atoms with Gasteiger partial charge in [-0.15, -0.1) is 0 Å². The summed E-state index contributed by atoms with van der Waals surface area (Å²) in [6, 6.07) is -0.0891. The molecule has 5 heteroatoms. The second-order valence-electron chi connectivity index (χ2n) is 2.46. The largest absolute Gasteiger partial charge is 0.393 e. The molecular weight excluding hydrogens is 174 g/mol. The quantitative estimate of drug-likeness (QED) is 0.626. The summed E-state index contributed by atoms with van der Waals surface area (Å²) in [5.41, 5.74) is 5.25. The van der Waals surface area contributed by atoms with Gasteiger partial charge in [0.2, 0.25) is 0 Å². The minimum atomic E-state index is -0.0891. The molecule has 0 fully saturated rings. The van der Waals surface area contributed by atoms with Crippen LogP contribution in [0.15, 0.2) is 0 Å². The number of carbonyl (C=O) groups excluding carboxylic acids is 1. The lowest BCUT2D eigenvalue weighted by molar-refractivity contribution is 0.211. The molecule has 0 aromatic carbocycles. The zero-order valence-corrected chi connectivity index (χ0v) is 8.28. The minimum absolute atomic E-state index is 0.0891. The van der Waals surface area contributed by atoms with Gasteiger partial charge in [0.15, 0.2) is 0 Å². The van der Waals surface area contributed by atoms with Crippen molar-refractivity contribution in [2.24, 2.45) is 5.73 Å². The fraction of sp³-hybridized carbons (Fsp3) is 0.714. The van der Waals surface area contributed by atoms with Crippen LogP contribution in [-0.2, 0) is 0 Å². The molecule has 0 aliphatic carbocycles. The van der Waals surface area contributed by atoms with Crippen molar-refractivity contribution in [2.75, 3.05) is 20.1 Å². The van der Waals surface area contributed by atoms with Crippen LogP contribution in [0.3, 0.4) is 0 Å². The first-order valence-electron chi connectivity index (χ1n) is 3.85. The van der Waals surface area contributed by atoms with Crippen LogP contribution in [0.25, 0.3) is 0 Å². The molecule has 4 nitrogen and oxygen atoms in total. The Morgan fingerprint density at radius 2 is 2.25 bits per heavy atom. The van der Waals surface area contributed by atoms with Gasteiger partial charge in [0.25, 0.3) is 0 Å². The highest BCUT2D eigenvalue weighted by Gasteiger charge is 2.03. The first-order chi connectivity index (χ1) is 5.57. The number of nitrogens with one attached hydrogen (secondary N) is 1. The van der Waals surface area contributed by atoms with Crippen molar-refractivity contribution in [2.45, 2.75) is 13.3 Å². The Balaban J connectivity index is 3.50. The molecule has 12 heavy (non-hydrogen) atoms. The molecule has 0 heterocycles. The monoisotopic (exact) mass is 189 g/mol. The average molecular weight is 189 g/mol. The van der Waals surface area contributed by atoms with Crippen LogP contribution in [0.1, 0.15) is 13.3 Å². The van der Waals surface area contributed by atoms with E-state index >= 15 is 0 Å². The van der Waals surface area contributed by atoms with Crippen molar-refractivity contribution in [1.29, 1.82) is 0 Å². The van der Waals surface area contributed by atoms with Gasteiger partial charge >= 0.3 is 6.03 Å². The first-order valence-corrected chi connectivity index (χ1v) is 4.26.